The van der Waals surface area contributed by atoms with E-state index in [1.165, 1.54) is 7.11 Å². The standard InChI is InChI=1S/C11H11N3O3/c1-16-8-5-3-7(4-6-8)9-12-10(15)14-11(13-9)17-2/h3-6H,1-2H3,(H,12,13,14,15). The second-order valence-electron chi connectivity index (χ2n) is 3.22. The maximum absolute atomic E-state index is 11.3. The number of rotatable bonds is 3. The van der Waals surface area contributed by atoms with Gasteiger partial charge in [0.25, 0.3) is 0 Å². The summed E-state index contributed by atoms with van der Waals surface area (Å²) in [6.07, 6.45) is 0. The van der Waals surface area contributed by atoms with Gasteiger partial charge in [0.15, 0.2) is 0 Å². The van der Waals surface area contributed by atoms with Crippen molar-refractivity contribution in [2.45, 2.75) is 0 Å². The van der Waals surface area contributed by atoms with Gasteiger partial charge in [-0.15, -0.1) is 4.98 Å². The molecule has 6 nitrogen and oxygen atoms in total. The summed E-state index contributed by atoms with van der Waals surface area (Å²) >= 11 is 0. The second kappa shape index (κ2) is 4.65. The number of aromatic amines is 1. The van der Waals surface area contributed by atoms with Gasteiger partial charge in [-0.1, -0.05) is 0 Å². The molecule has 2 aromatic rings. The summed E-state index contributed by atoms with van der Waals surface area (Å²) in [6.45, 7) is 0. The van der Waals surface area contributed by atoms with Crippen LogP contribution in [0.25, 0.3) is 11.4 Å². The number of nitrogens with one attached hydrogen (secondary N) is 1. The Labute approximate surface area is 97.3 Å². The number of hydrogen-bond acceptors (Lipinski definition) is 5. The van der Waals surface area contributed by atoms with E-state index in [2.05, 4.69) is 15.0 Å². The molecule has 0 saturated heterocycles. The summed E-state index contributed by atoms with van der Waals surface area (Å²) in [5, 5.41) is 0. The van der Waals surface area contributed by atoms with Crippen LogP contribution >= 0.6 is 0 Å². The summed E-state index contributed by atoms with van der Waals surface area (Å²) in [6, 6.07) is 7.18. The molecule has 0 spiro atoms. The predicted molar refractivity (Wildman–Crippen MR) is 61.2 cm³/mol. The Morgan fingerprint density at radius 3 is 2.35 bits per heavy atom. The van der Waals surface area contributed by atoms with Crippen molar-refractivity contribution in [3.8, 4) is 23.1 Å². The normalized spacial score (nSPS) is 10.0. The van der Waals surface area contributed by atoms with Crippen LogP contribution in [0.4, 0.5) is 0 Å². The molecule has 17 heavy (non-hydrogen) atoms. The molecule has 88 valence electrons. The van der Waals surface area contributed by atoms with E-state index >= 15 is 0 Å². The lowest BCUT2D eigenvalue weighted by Gasteiger charge is -2.03. The molecule has 0 unspecified atom stereocenters. The van der Waals surface area contributed by atoms with Crippen LogP contribution in [-0.2, 0) is 0 Å². The van der Waals surface area contributed by atoms with Crippen LogP contribution in [0.5, 0.6) is 11.8 Å². The zero-order chi connectivity index (χ0) is 12.3. The van der Waals surface area contributed by atoms with Crippen molar-refractivity contribution in [3.05, 3.63) is 34.7 Å². The first-order chi connectivity index (χ1) is 8.22. The van der Waals surface area contributed by atoms with E-state index < -0.39 is 5.69 Å². The third-order valence-electron chi connectivity index (χ3n) is 2.18. The molecular weight excluding hydrogens is 222 g/mol. The number of aromatic nitrogens is 3. The van der Waals surface area contributed by atoms with Gasteiger partial charge in [-0.2, -0.15) is 4.98 Å². The molecule has 0 aliphatic carbocycles. The molecule has 6 heteroatoms. The van der Waals surface area contributed by atoms with E-state index in [4.69, 9.17) is 9.47 Å². The molecule has 0 amide bonds. The Hall–Kier alpha value is -2.37. The smallest absolute Gasteiger partial charge is 0.351 e. The number of ether oxygens (including phenoxy) is 2. The maximum Gasteiger partial charge on any atom is 0.351 e. The number of nitrogens with zero attached hydrogens (tertiary/aromatic N) is 2. The Balaban J connectivity index is 2.44. The van der Waals surface area contributed by atoms with Crippen molar-refractivity contribution in [2.24, 2.45) is 0 Å². The Morgan fingerprint density at radius 1 is 1.06 bits per heavy atom. The minimum Gasteiger partial charge on any atom is -0.497 e. The third-order valence-corrected chi connectivity index (χ3v) is 2.18. The van der Waals surface area contributed by atoms with Crippen LogP contribution in [0.3, 0.4) is 0 Å². The Kier molecular flexibility index (Phi) is 3.04. The van der Waals surface area contributed by atoms with E-state index in [9.17, 15) is 4.79 Å². The van der Waals surface area contributed by atoms with E-state index in [-0.39, 0.29) is 6.01 Å². The van der Waals surface area contributed by atoms with Gasteiger partial charge in [-0.3, -0.25) is 4.98 Å². The van der Waals surface area contributed by atoms with Crippen molar-refractivity contribution in [1.82, 2.24) is 15.0 Å². The van der Waals surface area contributed by atoms with Gasteiger partial charge >= 0.3 is 11.7 Å². The van der Waals surface area contributed by atoms with Crippen molar-refractivity contribution in [3.63, 3.8) is 0 Å². The van der Waals surface area contributed by atoms with Gasteiger partial charge < -0.3 is 9.47 Å². The molecule has 0 bridgehead atoms. The number of H-pyrrole nitrogens is 1. The van der Waals surface area contributed by atoms with Gasteiger partial charge in [0.05, 0.1) is 14.2 Å². The fourth-order valence-electron chi connectivity index (χ4n) is 1.34. The lowest BCUT2D eigenvalue weighted by molar-refractivity contribution is 0.377. The molecule has 0 atom stereocenters. The molecule has 1 aromatic carbocycles. The zero-order valence-corrected chi connectivity index (χ0v) is 9.43. The average Bonchev–Trinajstić information content (AvgIpc) is 2.38. The van der Waals surface area contributed by atoms with Crippen LogP contribution in [0.1, 0.15) is 0 Å². The summed E-state index contributed by atoms with van der Waals surface area (Å²) in [5.74, 6) is 1.14. The Morgan fingerprint density at radius 2 is 1.76 bits per heavy atom. The molecule has 0 aliphatic heterocycles. The molecule has 1 aromatic heterocycles. The van der Waals surface area contributed by atoms with Gasteiger partial charge in [0, 0.05) is 5.56 Å². The van der Waals surface area contributed by atoms with Crippen molar-refractivity contribution in [2.75, 3.05) is 14.2 Å². The van der Waals surface area contributed by atoms with Crippen LogP contribution in [0, 0.1) is 0 Å². The van der Waals surface area contributed by atoms with Crippen molar-refractivity contribution in [1.29, 1.82) is 0 Å². The molecule has 0 saturated carbocycles. The van der Waals surface area contributed by atoms with E-state index in [1.807, 2.05) is 0 Å². The minimum absolute atomic E-state index is 0.0413. The zero-order valence-electron chi connectivity index (χ0n) is 9.43. The topological polar surface area (TPSA) is 77.1 Å². The van der Waals surface area contributed by atoms with Gasteiger partial charge in [-0.05, 0) is 24.3 Å². The average molecular weight is 233 g/mol. The minimum atomic E-state index is -0.498. The predicted octanol–water partition coefficient (Wildman–Crippen LogP) is 0.849. The Bertz CT molecular complexity index is 563. The molecule has 1 N–H and O–H groups in total. The van der Waals surface area contributed by atoms with Crippen molar-refractivity contribution < 1.29 is 9.47 Å². The van der Waals surface area contributed by atoms with Gasteiger partial charge in [0.2, 0.25) is 0 Å². The molecular formula is C11H11N3O3. The largest absolute Gasteiger partial charge is 0.497 e. The monoisotopic (exact) mass is 233 g/mol. The number of benzene rings is 1. The van der Waals surface area contributed by atoms with E-state index in [0.717, 1.165) is 11.3 Å². The molecule has 0 aliphatic rings. The van der Waals surface area contributed by atoms with Gasteiger partial charge in [-0.25, -0.2) is 4.79 Å². The highest BCUT2D eigenvalue weighted by Gasteiger charge is 2.05. The second-order valence-corrected chi connectivity index (χ2v) is 3.22. The van der Waals surface area contributed by atoms with Crippen molar-refractivity contribution >= 4 is 0 Å². The van der Waals surface area contributed by atoms with Crippen LogP contribution < -0.4 is 15.2 Å². The highest BCUT2D eigenvalue weighted by atomic mass is 16.5. The van der Waals surface area contributed by atoms with Crippen LogP contribution in [0.2, 0.25) is 0 Å². The summed E-state index contributed by atoms with van der Waals surface area (Å²) in [5.41, 5.74) is 0.256. The number of methoxy groups -OCH3 is 2. The number of hydrogen-bond donors (Lipinski definition) is 1. The van der Waals surface area contributed by atoms with E-state index in [0.29, 0.717) is 5.82 Å². The maximum atomic E-state index is 11.3. The fourth-order valence-corrected chi connectivity index (χ4v) is 1.34. The quantitative estimate of drug-likeness (QED) is 0.850. The fraction of sp³-hybridized carbons (Fsp3) is 0.182. The lowest BCUT2D eigenvalue weighted by atomic mass is 10.2. The van der Waals surface area contributed by atoms with Crippen LogP contribution in [0.15, 0.2) is 29.1 Å². The molecule has 0 radical (unpaired) electrons. The van der Waals surface area contributed by atoms with E-state index in [1.54, 1.807) is 31.4 Å². The lowest BCUT2D eigenvalue weighted by Crippen LogP contribution is -2.14. The molecule has 0 fully saturated rings. The highest BCUT2D eigenvalue weighted by Crippen LogP contribution is 2.18. The first kappa shape index (κ1) is 11.1. The SMILES string of the molecule is COc1ccc(-c2nc(OC)nc(=O)[nH]2)cc1. The van der Waals surface area contributed by atoms with Gasteiger partial charge in [0.1, 0.15) is 11.6 Å². The third kappa shape index (κ3) is 2.41. The molecule has 1 heterocycles. The molecule has 2 rings (SSSR count). The first-order valence-corrected chi connectivity index (χ1v) is 4.89. The van der Waals surface area contributed by atoms with Crippen LogP contribution in [-0.4, -0.2) is 29.2 Å². The summed E-state index contributed by atoms with van der Waals surface area (Å²) < 4.78 is 9.88. The summed E-state index contributed by atoms with van der Waals surface area (Å²) in [4.78, 5) is 21.4. The highest BCUT2D eigenvalue weighted by molar-refractivity contribution is 5.55. The summed E-state index contributed by atoms with van der Waals surface area (Å²) in [7, 11) is 3.00. The first-order valence-electron chi connectivity index (χ1n) is 4.89.